The Morgan fingerprint density at radius 3 is 2.38 bits per heavy atom. The molecule has 2 atom stereocenters. The van der Waals surface area contributed by atoms with Gasteiger partial charge < -0.3 is 5.11 Å². The molecule has 4 rings (SSSR count). The maximum Gasteiger partial charge on any atom is 0.177 e. The minimum atomic E-state index is -0.119. The SMILES string of the molecule is CC(C)(C)c1ccc2nnc(C3CCN(C4CCC4O)CC3)n2n1. The van der Waals surface area contributed by atoms with E-state index in [1.807, 2.05) is 16.6 Å². The topological polar surface area (TPSA) is 66.5 Å². The third-order valence-corrected chi connectivity index (χ3v) is 5.62. The van der Waals surface area contributed by atoms with Crippen molar-refractivity contribution in [1.82, 2.24) is 24.7 Å². The Labute approximate surface area is 142 Å². The first-order valence-electron chi connectivity index (χ1n) is 9.08. The highest BCUT2D eigenvalue weighted by molar-refractivity contribution is 5.37. The number of hydrogen-bond donors (Lipinski definition) is 1. The average Bonchev–Trinajstić information content (AvgIpc) is 2.96. The molecule has 130 valence electrons. The van der Waals surface area contributed by atoms with E-state index in [0.29, 0.717) is 12.0 Å². The van der Waals surface area contributed by atoms with Crippen LogP contribution in [0, 0.1) is 0 Å². The number of hydrogen-bond acceptors (Lipinski definition) is 5. The van der Waals surface area contributed by atoms with Crippen molar-refractivity contribution in [3.05, 3.63) is 23.7 Å². The zero-order valence-corrected chi connectivity index (χ0v) is 14.8. The van der Waals surface area contributed by atoms with E-state index in [1.165, 1.54) is 0 Å². The van der Waals surface area contributed by atoms with Crippen molar-refractivity contribution in [3.63, 3.8) is 0 Å². The second-order valence-corrected chi connectivity index (χ2v) is 8.32. The quantitative estimate of drug-likeness (QED) is 0.914. The molecule has 2 unspecified atom stereocenters. The Morgan fingerprint density at radius 2 is 1.79 bits per heavy atom. The molecule has 2 aliphatic rings. The van der Waals surface area contributed by atoms with Gasteiger partial charge in [0, 0.05) is 17.4 Å². The first kappa shape index (κ1) is 16.0. The van der Waals surface area contributed by atoms with Crippen molar-refractivity contribution < 1.29 is 5.11 Å². The number of nitrogens with zero attached hydrogens (tertiary/aromatic N) is 5. The summed E-state index contributed by atoms with van der Waals surface area (Å²) in [4.78, 5) is 2.45. The molecule has 2 fully saturated rings. The van der Waals surface area contributed by atoms with E-state index in [4.69, 9.17) is 5.10 Å². The lowest BCUT2D eigenvalue weighted by Crippen LogP contribution is -2.52. The van der Waals surface area contributed by atoms with Crippen LogP contribution in [0.4, 0.5) is 0 Å². The number of rotatable bonds is 2. The first-order valence-corrected chi connectivity index (χ1v) is 9.08. The number of aliphatic hydroxyl groups is 1. The van der Waals surface area contributed by atoms with Gasteiger partial charge in [0.2, 0.25) is 0 Å². The lowest BCUT2D eigenvalue weighted by atomic mass is 9.85. The molecule has 0 bridgehead atoms. The molecule has 1 saturated carbocycles. The lowest BCUT2D eigenvalue weighted by molar-refractivity contribution is -0.0304. The maximum absolute atomic E-state index is 9.88. The van der Waals surface area contributed by atoms with Crippen molar-refractivity contribution in [2.75, 3.05) is 13.1 Å². The van der Waals surface area contributed by atoms with Gasteiger partial charge in [0.1, 0.15) is 0 Å². The van der Waals surface area contributed by atoms with Gasteiger partial charge in [0.15, 0.2) is 11.5 Å². The lowest BCUT2D eigenvalue weighted by Gasteiger charge is -2.44. The number of piperidine rings is 1. The monoisotopic (exact) mass is 329 g/mol. The van der Waals surface area contributed by atoms with Crippen LogP contribution in [0.25, 0.3) is 5.65 Å². The van der Waals surface area contributed by atoms with Crippen LogP contribution in [-0.2, 0) is 5.41 Å². The third kappa shape index (κ3) is 2.71. The predicted molar refractivity (Wildman–Crippen MR) is 92.1 cm³/mol. The molecule has 1 aliphatic carbocycles. The number of aliphatic hydroxyl groups excluding tert-OH is 1. The van der Waals surface area contributed by atoms with Crippen molar-refractivity contribution >= 4 is 5.65 Å². The molecular weight excluding hydrogens is 302 g/mol. The van der Waals surface area contributed by atoms with Gasteiger partial charge in [0.25, 0.3) is 0 Å². The van der Waals surface area contributed by atoms with E-state index in [0.717, 1.165) is 55.9 Å². The summed E-state index contributed by atoms with van der Waals surface area (Å²) in [5.74, 6) is 1.39. The summed E-state index contributed by atoms with van der Waals surface area (Å²) in [5, 5.41) is 23.4. The fourth-order valence-electron chi connectivity index (χ4n) is 3.84. The Morgan fingerprint density at radius 1 is 1.04 bits per heavy atom. The number of likely N-dealkylation sites (tertiary alicyclic amines) is 1. The summed E-state index contributed by atoms with van der Waals surface area (Å²) in [6.45, 7) is 8.58. The molecule has 1 saturated heterocycles. The molecular formula is C18H27N5O. The summed E-state index contributed by atoms with van der Waals surface area (Å²) >= 11 is 0. The highest BCUT2D eigenvalue weighted by Gasteiger charge is 2.36. The van der Waals surface area contributed by atoms with Gasteiger partial charge in [-0.3, -0.25) is 4.90 Å². The summed E-state index contributed by atoms with van der Waals surface area (Å²) in [6, 6.07) is 4.45. The van der Waals surface area contributed by atoms with E-state index >= 15 is 0 Å². The molecule has 0 radical (unpaired) electrons. The normalized spacial score (nSPS) is 26.7. The third-order valence-electron chi connectivity index (χ3n) is 5.62. The summed E-state index contributed by atoms with van der Waals surface area (Å²) in [7, 11) is 0. The molecule has 2 aromatic heterocycles. The van der Waals surface area contributed by atoms with Gasteiger partial charge in [-0.05, 0) is 50.9 Å². The average molecular weight is 329 g/mol. The van der Waals surface area contributed by atoms with E-state index in [-0.39, 0.29) is 11.5 Å². The largest absolute Gasteiger partial charge is 0.391 e. The first-order chi connectivity index (χ1) is 11.4. The van der Waals surface area contributed by atoms with E-state index in [2.05, 4.69) is 35.9 Å². The van der Waals surface area contributed by atoms with E-state index < -0.39 is 0 Å². The summed E-state index contributed by atoms with van der Waals surface area (Å²) < 4.78 is 1.94. The zero-order valence-electron chi connectivity index (χ0n) is 14.8. The van der Waals surface area contributed by atoms with Crippen LogP contribution in [-0.4, -0.2) is 55.1 Å². The number of aromatic nitrogens is 4. The van der Waals surface area contributed by atoms with E-state index in [1.54, 1.807) is 0 Å². The van der Waals surface area contributed by atoms with Crippen molar-refractivity contribution in [2.24, 2.45) is 0 Å². The fraction of sp³-hybridized carbons (Fsp3) is 0.722. The van der Waals surface area contributed by atoms with Crippen LogP contribution in [0.5, 0.6) is 0 Å². The molecule has 0 amide bonds. The summed E-state index contributed by atoms with van der Waals surface area (Å²) in [6.07, 6.45) is 4.10. The van der Waals surface area contributed by atoms with Crippen LogP contribution < -0.4 is 0 Å². The zero-order chi connectivity index (χ0) is 16.9. The van der Waals surface area contributed by atoms with Crippen LogP contribution >= 0.6 is 0 Å². The fourth-order valence-corrected chi connectivity index (χ4v) is 3.84. The van der Waals surface area contributed by atoms with Crippen molar-refractivity contribution in [1.29, 1.82) is 0 Å². The molecule has 1 N–H and O–H groups in total. The smallest absolute Gasteiger partial charge is 0.177 e. The molecule has 6 heteroatoms. The predicted octanol–water partition coefficient (Wildman–Crippen LogP) is 2.12. The van der Waals surface area contributed by atoms with Gasteiger partial charge in [0.05, 0.1) is 11.8 Å². The highest BCUT2D eigenvalue weighted by Crippen LogP contribution is 2.33. The summed E-state index contributed by atoms with van der Waals surface area (Å²) in [5.41, 5.74) is 1.90. The van der Waals surface area contributed by atoms with Gasteiger partial charge in [-0.1, -0.05) is 20.8 Å². The second-order valence-electron chi connectivity index (χ2n) is 8.32. The maximum atomic E-state index is 9.88. The molecule has 3 heterocycles. The van der Waals surface area contributed by atoms with Gasteiger partial charge in [-0.2, -0.15) is 9.61 Å². The Kier molecular flexibility index (Phi) is 3.84. The standard InChI is InChI=1S/C18H27N5O/c1-18(2,3)15-6-7-16-19-20-17(23(16)21-15)12-8-10-22(11-9-12)13-4-5-14(13)24/h6-7,12-14,24H,4-5,8-11H2,1-3H3. The van der Waals surface area contributed by atoms with Gasteiger partial charge in [-0.15, -0.1) is 10.2 Å². The van der Waals surface area contributed by atoms with Gasteiger partial charge >= 0.3 is 0 Å². The molecule has 0 spiro atoms. The number of fused-ring (bicyclic) bond motifs is 1. The highest BCUT2D eigenvalue weighted by atomic mass is 16.3. The molecule has 6 nitrogen and oxygen atoms in total. The van der Waals surface area contributed by atoms with Crippen molar-refractivity contribution in [2.45, 2.75) is 69.9 Å². The minimum absolute atomic E-state index is 0.0133. The second kappa shape index (κ2) is 5.77. The van der Waals surface area contributed by atoms with Gasteiger partial charge in [-0.25, -0.2) is 0 Å². The molecule has 0 aromatic carbocycles. The Hall–Kier alpha value is -1.53. The minimum Gasteiger partial charge on any atom is -0.391 e. The van der Waals surface area contributed by atoms with Crippen LogP contribution in [0.3, 0.4) is 0 Å². The van der Waals surface area contributed by atoms with Crippen LogP contribution in [0.15, 0.2) is 12.1 Å². The van der Waals surface area contributed by atoms with Crippen molar-refractivity contribution in [3.8, 4) is 0 Å². The van der Waals surface area contributed by atoms with Crippen LogP contribution in [0.1, 0.15) is 63.9 Å². The Balaban J connectivity index is 1.54. The Bertz CT molecular complexity index is 727. The molecule has 1 aliphatic heterocycles. The van der Waals surface area contributed by atoms with E-state index in [9.17, 15) is 5.11 Å². The molecule has 24 heavy (non-hydrogen) atoms. The molecule has 2 aromatic rings. The van der Waals surface area contributed by atoms with Crippen LogP contribution in [0.2, 0.25) is 0 Å².